The molecule has 1 aliphatic rings. The molecule has 4 nitrogen and oxygen atoms in total. The maximum Gasteiger partial charge on any atom is 0.245 e. The Labute approximate surface area is 85.3 Å². The predicted octanol–water partition coefficient (Wildman–Crippen LogP) is -0.0307. The third-order valence-electron chi connectivity index (χ3n) is 2.78. The molecule has 0 spiro atoms. The molecule has 1 unspecified atom stereocenters. The third kappa shape index (κ3) is 3.64. The fourth-order valence-corrected chi connectivity index (χ4v) is 1.89. The Bertz CT molecular complexity index is 185. The molecule has 0 aromatic heterocycles. The highest BCUT2D eigenvalue weighted by molar-refractivity contribution is 5.77. The first-order valence-electron chi connectivity index (χ1n) is 5.38. The smallest absolute Gasteiger partial charge is 0.245 e. The lowest BCUT2D eigenvalue weighted by molar-refractivity contribution is -0.124. The first kappa shape index (κ1) is 11.5. The number of rotatable bonds is 3. The lowest BCUT2D eigenvalue weighted by Crippen LogP contribution is -2.37. The second kappa shape index (κ2) is 5.98. The molecule has 2 N–H and O–H groups in total. The molecule has 1 amide bonds. The van der Waals surface area contributed by atoms with Crippen molar-refractivity contribution in [2.75, 3.05) is 26.2 Å². The van der Waals surface area contributed by atoms with Crippen LogP contribution in [0.3, 0.4) is 0 Å². The van der Waals surface area contributed by atoms with Gasteiger partial charge in [-0.25, -0.2) is 0 Å². The van der Waals surface area contributed by atoms with Crippen molar-refractivity contribution in [3.63, 3.8) is 0 Å². The Morgan fingerprint density at radius 3 is 2.93 bits per heavy atom. The molecule has 0 bridgehead atoms. The van der Waals surface area contributed by atoms with E-state index in [4.69, 9.17) is 5.11 Å². The maximum atomic E-state index is 11.0. The van der Waals surface area contributed by atoms with E-state index in [1.807, 2.05) is 0 Å². The zero-order valence-corrected chi connectivity index (χ0v) is 8.83. The highest BCUT2D eigenvalue weighted by atomic mass is 16.3. The normalized spacial score (nSPS) is 24.3. The topological polar surface area (TPSA) is 52.6 Å². The van der Waals surface area contributed by atoms with Gasteiger partial charge in [-0.1, -0.05) is 6.92 Å². The summed E-state index contributed by atoms with van der Waals surface area (Å²) in [5, 5.41) is 11.4. The van der Waals surface area contributed by atoms with Crippen molar-refractivity contribution >= 4 is 5.91 Å². The summed E-state index contributed by atoms with van der Waals surface area (Å²) in [6, 6.07) is 0.256. The second-order valence-corrected chi connectivity index (χ2v) is 3.79. The number of hydrogen-bond acceptors (Lipinski definition) is 3. The van der Waals surface area contributed by atoms with Gasteiger partial charge in [0, 0.05) is 12.6 Å². The van der Waals surface area contributed by atoms with Crippen molar-refractivity contribution < 1.29 is 9.90 Å². The van der Waals surface area contributed by atoms with Crippen LogP contribution >= 0.6 is 0 Å². The number of amides is 1. The molecule has 1 aliphatic heterocycles. The van der Waals surface area contributed by atoms with E-state index in [-0.39, 0.29) is 11.9 Å². The van der Waals surface area contributed by atoms with Gasteiger partial charge in [0.2, 0.25) is 5.91 Å². The average Bonchev–Trinajstić information content (AvgIpc) is 2.43. The number of aliphatic hydroxyl groups is 1. The van der Waals surface area contributed by atoms with Crippen LogP contribution in [0.5, 0.6) is 0 Å². The van der Waals surface area contributed by atoms with Crippen LogP contribution in [0.2, 0.25) is 0 Å². The van der Waals surface area contributed by atoms with Crippen molar-refractivity contribution in [1.82, 2.24) is 10.2 Å². The molecule has 0 aromatic rings. The number of carbonyl (C=O) groups excluding carboxylic acids is 1. The summed E-state index contributed by atoms with van der Waals surface area (Å²) in [6.45, 7) is 5.02. The Kier molecular flexibility index (Phi) is 4.90. The van der Waals surface area contributed by atoms with Gasteiger partial charge in [-0.05, 0) is 32.4 Å². The van der Waals surface area contributed by atoms with Crippen LogP contribution in [0.25, 0.3) is 0 Å². The fourth-order valence-electron chi connectivity index (χ4n) is 1.89. The van der Waals surface area contributed by atoms with Crippen LogP contribution in [0, 0.1) is 0 Å². The highest BCUT2D eigenvalue weighted by Gasteiger charge is 2.16. The molecule has 1 fully saturated rings. The largest absolute Gasteiger partial charge is 0.387 e. The molecule has 1 saturated heterocycles. The van der Waals surface area contributed by atoms with Crippen molar-refractivity contribution in [3.8, 4) is 0 Å². The summed E-state index contributed by atoms with van der Waals surface area (Å²) >= 11 is 0. The Hall–Kier alpha value is -0.610. The number of hydrogen-bond donors (Lipinski definition) is 2. The molecule has 14 heavy (non-hydrogen) atoms. The van der Waals surface area contributed by atoms with Crippen LogP contribution in [-0.2, 0) is 4.79 Å². The van der Waals surface area contributed by atoms with E-state index in [0.29, 0.717) is 0 Å². The first-order valence-corrected chi connectivity index (χ1v) is 5.38. The third-order valence-corrected chi connectivity index (χ3v) is 2.78. The van der Waals surface area contributed by atoms with Crippen molar-refractivity contribution in [3.05, 3.63) is 0 Å². The zero-order chi connectivity index (χ0) is 10.4. The number of carbonyl (C=O) groups is 1. The minimum absolute atomic E-state index is 0.250. The minimum Gasteiger partial charge on any atom is -0.387 e. The van der Waals surface area contributed by atoms with E-state index in [0.717, 1.165) is 38.9 Å². The van der Waals surface area contributed by atoms with Crippen LogP contribution < -0.4 is 5.32 Å². The first-order chi connectivity index (χ1) is 6.76. The average molecular weight is 200 g/mol. The van der Waals surface area contributed by atoms with Gasteiger partial charge < -0.3 is 15.3 Å². The van der Waals surface area contributed by atoms with E-state index in [2.05, 4.69) is 17.1 Å². The Morgan fingerprint density at radius 1 is 1.50 bits per heavy atom. The van der Waals surface area contributed by atoms with Crippen molar-refractivity contribution in [2.45, 2.75) is 32.2 Å². The molecule has 0 saturated carbocycles. The number of nitrogens with one attached hydrogen (secondary N) is 1. The summed E-state index contributed by atoms with van der Waals surface area (Å²) in [7, 11) is 0. The van der Waals surface area contributed by atoms with Crippen LogP contribution in [-0.4, -0.2) is 48.2 Å². The van der Waals surface area contributed by atoms with Crippen LogP contribution in [0.4, 0.5) is 0 Å². The van der Waals surface area contributed by atoms with Gasteiger partial charge in [0.25, 0.3) is 0 Å². The predicted molar refractivity (Wildman–Crippen MR) is 55.0 cm³/mol. The van der Waals surface area contributed by atoms with Gasteiger partial charge in [0.15, 0.2) is 0 Å². The molecule has 4 heteroatoms. The standard InChI is InChI=1S/C10H20N2O2/c1-2-12-6-3-4-9(5-7-12)11-10(14)8-13/h9,13H,2-8H2,1H3,(H,11,14). The number of likely N-dealkylation sites (tertiary alicyclic amines) is 1. The summed E-state index contributed by atoms with van der Waals surface area (Å²) in [4.78, 5) is 13.4. The van der Waals surface area contributed by atoms with E-state index in [9.17, 15) is 4.79 Å². The van der Waals surface area contributed by atoms with Gasteiger partial charge in [0.05, 0.1) is 0 Å². The monoisotopic (exact) mass is 200 g/mol. The number of aliphatic hydroxyl groups excluding tert-OH is 1. The Morgan fingerprint density at radius 2 is 2.29 bits per heavy atom. The van der Waals surface area contributed by atoms with Gasteiger partial charge in [-0.15, -0.1) is 0 Å². The Balaban J connectivity index is 2.30. The van der Waals surface area contributed by atoms with Crippen LogP contribution in [0.1, 0.15) is 26.2 Å². The van der Waals surface area contributed by atoms with Crippen molar-refractivity contribution in [2.24, 2.45) is 0 Å². The molecule has 1 atom stereocenters. The fraction of sp³-hybridized carbons (Fsp3) is 0.900. The summed E-state index contributed by atoms with van der Waals surface area (Å²) in [6.07, 6.45) is 3.16. The van der Waals surface area contributed by atoms with E-state index < -0.39 is 6.61 Å². The minimum atomic E-state index is -0.395. The molecular weight excluding hydrogens is 180 g/mol. The maximum absolute atomic E-state index is 11.0. The summed E-state index contributed by atoms with van der Waals surface area (Å²) < 4.78 is 0. The zero-order valence-electron chi connectivity index (χ0n) is 8.83. The van der Waals surface area contributed by atoms with Crippen LogP contribution in [0.15, 0.2) is 0 Å². The van der Waals surface area contributed by atoms with E-state index in [1.165, 1.54) is 0 Å². The molecule has 0 aliphatic carbocycles. The SMILES string of the molecule is CCN1CCCC(NC(=O)CO)CC1. The second-order valence-electron chi connectivity index (χ2n) is 3.79. The van der Waals surface area contributed by atoms with Gasteiger partial charge in [-0.2, -0.15) is 0 Å². The quantitative estimate of drug-likeness (QED) is 0.672. The number of nitrogens with zero attached hydrogens (tertiary/aromatic N) is 1. The lowest BCUT2D eigenvalue weighted by Gasteiger charge is -2.18. The summed E-state index contributed by atoms with van der Waals surface area (Å²) in [5.74, 6) is -0.250. The van der Waals surface area contributed by atoms with E-state index >= 15 is 0 Å². The van der Waals surface area contributed by atoms with Crippen molar-refractivity contribution in [1.29, 1.82) is 0 Å². The molecular formula is C10H20N2O2. The van der Waals surface area contributed by atoms with Gasteiger partial charge in [0.1, 0.15) is 6.61 Å². The lowest BCUT2D eigenvalue weighted by atomic mass is 10.1. The van der Waals surface area contributed by atoms with E-state index in [1.54, 1.807) is 0 Å². The molecule has 0 radical (unpaired) electrons. The van der Waals surface area contributed by atoms with Gasteiger partial charge >= 0.3 is 0 Å². The molecule has 1 heterocycles. The molecule has 82 valence electrons. The molecule has 1 rings (SSSR count). The summed E-state index contributed by atoms with van der Waals surface area (Å²) in [5.41, 5.74) is 0. The molecule has 0 aromatic carbocycles. The highest BCUT2D eigenvalue weighted by Crippen LogP contribution is 2.10. The van der Waals surface area contributed by atoms with Gasteiger partial charge in [-0.3, -0.25) is 4.79 Å².